The van der Waals surface area contributed by atoms with Crippen LogP contribution in [0, 0.1) is 0 Å². The molecule has 0 aromatic heterocycles. The zero-order valence-electron chi connectivity index (χ0n) is 11.5. The number of nitrogens with zero attached hydrogens (tertiary/aromatic N) is 1. The predicted octanol–water partition coefficient (Wildman–Crippen LogP) is 4.36. The van der Waals surface area contributed by atoms with Gasteiger partial charge in [-0.3, -0.25) is 4.90 Å². The van der Waals surface area contributed by atoms with E-state index in [9.17, 15) is 13.2 Å². The SMILES string of the molecule is CC(CNc1ccc(C(F)(F)F)cc1Br)N(C)C1CC1. The Morgan fingerprint density at radius 1 is 1.40 bits per heavy atom. The zero-order chi connectivity index (χ0) is 14.9. The molecular formula is C14H18BrF3N2. The minimum Gasteiger partial charge on any atom is -0.383 e. The molecule has 0 aliphatic heterocycles. The fourth-order valence-electron chi connectivity index (χ4n) is 2.08. The summed E-state index contributed by atoms with van der Waals surface area (Å²) < 4.78 is 38.1. The van der Waals surface area contributed by atoms with Crippen LogP contribution < -0.4 is 5.32 Å². The van der Waals surface area contributed by atoms with Crippen molar-refractivity contribution in [2.45, 2.75) is 38.0 Å². The highest BCUT2D eigenvalue weighted by Gasteiger charge is 2.31. The van der Waals surface area contributed by atoms with Crippen LogP contribution in [0.4, 0.5) is 18.9 Å². The first-order valence-corrected chi connectivity index (χ1v) is 7.41. The van der Waals surface area contributed by atoms with Crippen LogP contribution in [0.25, 0.3) is 0 Å². The van der Waals surface area contributed by atoms with Crippen molar-refractivity contribution in [1.29, 1.82) is 0 Å². The van der Waals surface area contributed by atoms with E-state index in [0.717, 1.165) is 12.1 Å². The lowest BCUT2D eigenvalue weighted by Gasteiger charge is -2.25. The number of hydrogen-bond acceptors (Lipinski definition) is 2. The van der Waals surface area contributed by atoms with Gasteiger partial charge in [-0.05, 0) is 60.9 Å². The van der Waals surface area contributed by atoms with Gasteiger partial charge in [-0.25, -0.2) is 0 Å². The highest BCUT2D eigenvalue weighted by Crippen LogP contribution is 2.34. The molecule has 1 aromatic carbocycles. The largest absolute Gasteiger partial charge is 0.416 e. The molecule has 0 saturated heterocycles. The molecule has 1 fully saturated rings. The van der Waals surface area contributed by atoms with Crippen LogP contribution in [0.2, 0.25) is 0 Å². The minimum absolute atomic E-state index is 0.344. The smallest absolute Gasteiger partial charge is 0.383 e. The molecule has 2 nitrogen and oxygen atoms in total. The van der Waals surface area contributed by atoms with Gasteiger partial charge in [-0.2, -0.15) is 13.2 Å². The van der Waals surface area contributed by atoms with Crippen molar-refractivity contribution in [1.82, 2.24) is 4.90 Å². The molecule has 0 bridgehead atoms. The third kappa shape index (κ3) is 3.88. The van der Waals surface area contributed by atoms with Crippen molar-refractivity contribution in [2.75, 3.05) is 18.9 Å². The number of anilines is 1. The summed E-state index contributed by atoms with van der Waals surface area (Å²) in [6.07, 6.45) is -1.82. The van der Waals surface area contributed by atoms with Gasteiger partial charge in [0.2, 0.25) is 0 Å². The molecule has 1 aromatic rings. The van der Waals surface area contributed by atoms with Crippen LogP contribution in [0.15, 0.2) is 22.7 Å². The van der Waals surface area contributed by atoms with E-state index in [1.807, 2.05) is 0 Å². The first kappa shape index (κ1) is 15.6. The second-order valence-corrected chi connectivity index (χ2v) is 6.17. The molecule has 112 valence electrons. The first-order chi connectivity index (χ1) is 9.29. The zero-order valence-corrected chi connectivity index (χ0v) is 13.1. The Kier molecular flexibility index (Phi) is 4.64. The van der Waals surface area contributed by atoms with Gasteiger partial charge in [0.1, 0.15) is 0 Å². The number of alkyl halides is 3. The normalized spacial score (nSPS) is 17.4. The monoisotopic (exact) mass is 350 g/mol. The lowest BCUT2D eigenvalue weighted by atomic mass is 10.2. The van der Waals surface area contributed by atoms with E-state index in [4.69, 9.17) is 0 Å². The summed E-state index contributed by atoms with van der Waals surface area (Å²) in [6, 6.07) is 4.69. The van der Waals surface area contributed by atoms with Crippen LogP contribution in [0.3, 0.4) is 0 Å². The number of halogens is 4. The number of nitrogens with one attached hydrogen (secondary N) is 1. The van der Waals surface area contributed by atoms with Gasteiger partial charge in [0.15, 0.2) is 0 Å². The predicted molar refractivity (Wildman–Crippen MR) is 77.9 cm³/mol. The van der Waals surface area contributed by atoms with Crippen molar-refractivity contribution >= 4 is 21.6 Å². The Hall–Kier alpha value is -0.750. The topological polar surface area (TPSA) is 15.3 Å². The van der Waals surface area contributed by atoms with E-state index in [1.165, 1.54) is 18.9 Å². The van der Waals surface area contributed by atoms with Gasteiger partial charge in [-0.1, -0.05) is 0 Å². The number of likely N-dealkylation sites (N-methyl/N-ethyl adjacent to an activating group) is 1. The average molecular weight is 351 g/mol. The van der Waals surface area contributed by atoms with E-state index in [0.29, 0.717) is 28.8 Å². The maximum atomic E-state index is 12.6. The Balaban J connectivity index is 1.96. The van der Waals surface area contributed by atoms with Crippen molar-refractivity contribution in [3.8, 4) is 0 Å². The Morgan fingerprint density at radius 2 is 2.05 bits per heavy atom. The fraction of sp³-hybridized carbons (Fsp3) is 0.571. The molecule has 6 heteroatoms. The number of rotatable bonds is 5. The average Bonchev–Trinajstić information content (AvgIpc) is 3.19. The summed E-state index contributed by atoms with van der Waals surface area (Å²) in [6.45, 7) is 2.82. The molecule has 1 atom stereocenters. The molecule has 1 aliphatic carbocycles. The lowest BCUT2D eigenvalue weighted by molar-refractivity contribution is -0.137. The summed E-state index contributed by atoms with van der Waals surface area (Å²) in [5, 5.41) is 3.20. The van der Waals surface area contributed by atoms with Gasteiger partial charge < -0.3 is 5.32 Å². The first-order valence-electron chi connectivity index (χ1n) is 6.61. The van der Waals surface area contributed by atoms with Crippen LogP contribution >= 0.6 is 15.9 Å². The third-order valence-corrected chi connectivity index (χ3v) is 4.36. The van der Waals surface area contributed by atoms with Gasteiger partial charge in [0.05, 0.1) is 5.56 Å². The summed E-state index contributed by atoms with van der Waals surface area (Å²) in [5.74, 6) is 0. The highest BCUT2D eigenvalue weighted by atomic mass is 79.9. The second-order valence-electron chi connectivity index (χ2n) is 5.32. The van der Waals surface area contributed by atoms with Gasteiger partial charge in [-0.15, -0.1) is 0 Å². The summed E-state index contributed by atoms with van der Waals surface area (Å²) in [7, 11) is 2.09. The molecule has 20 heavy (non-hydrogen) atoms. The maximum Gasteiger partial charge on any atom is 0.416 e. The minimum atomic E-state index is -4.31. The van der Waals surface area contributed by atoms with Crippen LogP contribution in [-0.4, -0.2) is 30.6 Å². The van der Waals surface area contributed by atoms with Crippen molar-refractivity contribution in [2.24, 2.45) is 0 Å². The summed E-state index contributed by atoms with van der Waals surface area (Å²) in [4.78, 5) is 2.31. The molecule has 2 rings (SSSR count). The van der Waals surface area contributed by atoms with Crippen molar-refractivity contribution in [3.63, 3.8) is 0 Å². The molecule has 1 unspecified atom stereocenters. The summed E-state index contributed by atoms with van der Waals surface area (Å²) in [5.41, 5.74) is 0.0483. The Morgan fingerprint density at radius 3 is 2.55 bits per heavy atom. The van der Waals surface area contributed by atoms with Crippen molar-refractivity contribution in [3.05, 3.63) is 28.2 Å². The van der Waals surface area contributed by atoms with Crippen LogP contribution in [0.1, 0.15) is 25.3 Å². The molecular weight excluding hydrogens is 333 g/mol. The maximum absolute atomic E-state index is 12.6. The molecule has 1 aliphatic rings. The lowest BCUT2D eigenvalue weighted by Crippen LogP contribution is -2.36. The molecule has 0 heterocycles. The van der Waals surface area contributed by atoms with E-state index in [1.54, 1.807) is 0 Å². The fourth-order valence-corrected chi connectivity index (χ4v) is 2.60. The number of benzene rings is 1. The molecule has 1 N–H and O–H groups in total. The quantitative estimate of drug-likeness (QED) is 0.848. The van der Waals surface area contributed by atoms with Gasteiger partial charge in [0, 0.05) is 28.8 Å². The summed E-state index contributed by atoms with van der Waals surface area (Å²) >= 11 is 3.19. The van der Waals surface area contributed by atoms with E-state index in [-0.39, 0.29) is 0 Å². The Labute approximate surface area is 125 Å². The molecule has 0 amide bonds. The van der Waals surface area contributed by atoms with Gasteiger partial charge >= 0.3 is 6.18 Å². The van der Waals surface area contributed by atoms with Crippen LogP contribution in [0.5, 0.6) is 0 Å². The third-order valence-electron chi connectivity index (χ3n) is 3.70. The highest BCUT2D eigenvalue weighted by molar-refractivity contribution is 9.10. The Bertz CT molecular complexity index is 472. The van der Waals surface area contributed by atoms with E-state index >= 15 is 0 Å². The molecule has 0 radical (unpaired) electrons. The molecule has 1 saturated carbocycles. The second kappa shape index (κ2) is 5.93. The van der Waals surface area contributed by atoms with Gasteiger partial charge in [0.25, 0.3) is 0 Å². The van der Waals surface area contributed by atoms with Crippen LogP contribution in [-0.2, 0) is 6.18 Å². The standard InChI is InChI=1S/C14H18BrF3N2/c1-9(20(2)11-4-5-11)8-19-13-6-3-10(7-12(13)15)14(16,17)18/h3,6-7,9,11,19H,4-5,8H2,1-2H3. The van der Waals surface area contributed by atoms with Crippen molar-refractivity contribution < 1.29 is 13.2 Å². The van der Waals surface area contributed by atoms with E-state index in [2.05, 4.69) is 40.1 Å². The number of hydrogen-bond donors (Lipinski definition) is 1. The molecule has 0 spiro atoms. The van der Waals surface area contributed by atoms with E-state index < -0.39 is 11.7 Å².